The Kier molecular flexibility index (Phi) is 7.49. The van der Waals surface area contributed by atoms with Gasteiger partial charge in [-0.15, -0.1) is 0 Å². The Morgan fingerprint density at radius 2 is 1.48 bits per heavy atom. The SMILES string of the molecule is CCOc1ccc(OCC(=O)O[C@@H](C)C(=O)Nc2ccc(OC)cc2)cc1. The van der Waals surface area contributed by atoms with Gasteiger partial charge in [0.2, 0.25) is 0 Å². The van der Waals surface area contributed by atoms with E-state index in [9.17, 15) is 9.59 Å². The zero-order valence-corrected chi connectivity index (χ0v) is 15.6. The topological polar surface area (TPSA) is 83.1 Å². The van der Waals surface area contributed by atoms with Gasteiger partial charge in [-0.25, -0.2) is 4.79 Å². The summed E-state index contributed by atoms with van der Waals surface area (Å²) in [4.78, 5) is 24.0. The van der Waals surface area contributed by atoms with Gasteiger partial charge in [-0.3, -0.25) is 4.79 Å². The van der Waals surface area contributed by atoms with Crippen molar-refractivity contribution in [1.82, 2.24) is 0 Å². The van der Waals surface area contributed by atoms with E-state index in [0.717, 1.165) is 5.75 Å². The van der Waals surface area contributed by atoms with Crippen molar-refractivity contribution in [3.63, 3.8) is 0 Å². The molecule has 0 aliphatic rings. The average Bonchev–Trinajstić information content (AvgIpc) is 2.68. The highest BCUT2D eigenvalue weighted by Gasteiger charge is 2.18. The Morgan fingerprint density at radius 3 is 2.04 bits per heavy atom. The molecule has 0 spiro atoms. The second-order valence-corrected chi connectivity index (χ2v) is 5.54. The highest BCUT2D eigenvalue weighted by atomic mass is 16.6. The van der Waals surface area contributed by atoms with Crippen LogP contribution >= 0.6 is 0 Å². The molecule has 0 aliphatic carbocycles. The second-order valence-electron chi connectivity index (χ2n) is 5.54. The van der Waals surface area contributed by atoms with Gasteiger partial charge in [0.1, 0.15) is 17.2 Å². The van der Waals surface area contributed by atoms with E-state index in [0.29, 0.717) is 23.8 Å². The lowest BCUT2D eigenvalue weighted by Gasteiger charge is -2.14. The van der Waals surface area contributed by atoms with Gasteiger partial charge >= 0.3 is 5.97 Å². The predicted molar refractivity (Wildman–Crippen MR) is 100 cm³/mol. The summed E-state index contributed by atoms with van der Waals surface area (Å²) in [6.45, 7) is 3.66. The van der Waals surface area contributed by atoms with Gasteiger partial charge in [0.05, 0.1) is 13.7 Å². The summed E-state index contributed by atoms with van der Waals surface area (Å²) in [5, 5.41) is 2.66. The van der Waals surface area contributed by atoms with Crippen LogP contribution in [0, 0.1) is 0 Å². The molecule has 0 fully saturated rings. The summed E-state index contributed by atoms with van der Waals surface area (Å²) in [5.74, 6) is 0.830. The monoisotopic (exact) mass is 373 g/mol. The zero-order chi connectivity index (χ0) is 19.6. The summed E-state index contributed by atoms with van der Waals surface area (Å²) in [7, 11) is 1.56. The number of carbonyl (C=O) groups excluding carboxylic acids is 2. The number of methoxy groups -OCH3 is 1. The number of carbonyl (C=O) groups is 2. The molecule has 0 aliphatic heterocycles. The lowest BCUT2D eigenvalue weighted by Crippen LogP contribution is -2.31. The average molecular weight is 373 g/mol. The predicted octanol–water partition coefficient (Wildman–Crippen LogP) is 3.04. The van der Waals surface area contributed by atoms with Crippen molar-refractivity contribution < 1.29 is 28.5 Å². The minimum Gasteiger partial charge on any atom is -0.497 e. The lowest BCUT2D eigenvalue weighted by molar-refractivity contribution is -0.155. The summed E-state index contributed by atoms with van der Waals surface area (Å²) in [6, 6.07) is 13.7. The van der Waals surface area contributed by atoms with Crippen LogP contribution in [0.1, 0.15) is 13.8 Å². The molecule has 0 bridgehead atoms. The molecule has 2 aromatic carbocycles. The molecule has 1 atom stereocenters. The van der Waals surface area contributed by atoms with E-state index in [1.165, 1.54) is 6.92 Å². The van der Waals surface area contributed by atoms with Crippen molar-refractivity contribution in [2.24, 2.45) is 0 Å². The van der Waals surface area contributed by atoms with Crippen LogP contribution in [0.25, 0.3) is 0 Å². The van der Waals surface area contributed by atoms with Crippen molar-refractivity contribution in [2.45, 2.75) is 20.0 Å². The van der Waals surface area contributed by atoms with Crippen molar-refractivity contribution in [3.05, 3.63) is 48.5 Å². The van der Waals surface area contributed by atoms with Crippen LogP contribution in [0.3, 0.4) is 0 Å². The number of esters is 1. The van der Waals surface area contributed by atoms with E-state index < -0.39 is 18.0 Å². The fourth-order valence-electron chi connectivity index (χ4n) is 2.14. The number of ether oxygens (including phenoxy) is 4. The summed E-state index contributed by atoms with van der Waals surface area (Å²) >= 11 is 0. The molecule has 0 heterocycles. The molecule has 27 heavy (non-hydrogen) atoms. The molecule has 0 saturated carbocycles. The van der Waals surface area contributed by atoms with E-state index in [2.05, 4.69) is 5.32 Å². The summed E-state index contributed by atoms with van der Waals surface area (Å²) in [6.07, 6.45) is -0.955. The molecule has 7 heteroatoms. The largest absolute Gasteiger partial charge is 0.497 e. The molecule has 0 aromatic heterocycles. The van der Waals surface area contributed by atoms with E-state index in [1.54, 1.807) is 55.6 Å². The van der Waals surface area contributed by atoms with E-state index in [1.807, 2.05) is 6.92 Å². The van der Waals surface area contributed by atoms with Crippen molar-refractivity contribution >= 4 is 17.6 Å². The molecule has 0 unspecified atom stereocenters. The van der Waals surface area contributed by atoms with Crippen molar-refractivity contribution in [2.75, 3.05) is 25.6 Å². The molecule has 2 aromatic rings. The standard InChI is InChI=1S/C20H23NO6/c1-4-25-17-9-11-18(12-10-17)26-13-19(22)27-14(2)20(23)21-15-5-7-16(24-3)8-6-15/h5-12,14H,4,13H2,1-3H3,(H,21,23)/t14-/m0/s1. The third kappa shape index (κ3) is 6.54. The number of hydrogen-bond donors (Lipinski definition) is 1. The third-order valence-electron chi connectivity index (χ3n) is 3.53. The minimum absolute atomic E-state index is 0.297. The molecular weight excluding hydrogens is 350 g/mol. The van der Waals surface area contributed by atoms with Gasteiger partial charge < -0.3 is 24.3 Å². The van der Waals surface area contributed by atoms with Crippen molar-refractivity contribution in [1.29, 1.82) is 0 Å². The van der Waals surface area contributed by atoms with Crippen molar-refractivity contribution in [3.8, 4) is 17.2 Å². The fraction of sp³-hybridized carbons (Fsp3) is 0.300. The number of amides is 1. The Labute approximate surface area is 158 Å². The first-order valence-corrected chi connectivity index (χ1v) is 8.52. The quantitative estimate of drug-likeness (QED) is 0.680. The van der Waals surface area contributed by atoms with E-state index in [-0.39, 0.29) is 6.61 Å². The Hall–Kier alpha value is -3.22. The zero-order valence-electron chi connectivity index (χ0n) is 15.6. The molecule has 2 rings (SSSR count). The molecule has 144 valence electrons. The van der Waals surface area contributed by atoms with Crippen LogP contribution < -0.4 is 19.5 Å². The van der Waals surface area contributed by atoms with Gasteiger partial charge in [0.15, 0.2) is 12.7 Å². The number of anilines is 1. The van der Waals surface area contributed by atoms with Crippen LogP contribution in [0.15, 0.2) is 48.5 Å². The van der Waals surface area contributed by atoms with Gasteiger partial charge in [0.25, 0.3) is 5.91 Å². The van der Waals surface area contributed by atoms with E-state index >= 15 is 0 Å². The fourth-order valence-corrected chi connectivity index (χ4v) is 2.14. The summed E-state index contributed by atoms with van der Waals surface area (Å²) in [5.41, 5.74) is 0.578. The molecule has 0 radical (unpaired) electrons. The highest BCUT2D eigenvalue weighted by Crippen LogP contribution is 2.18. The number of hydrogen-bond acceptors (Lipinski definition) is 6. The first-order valence-electron chi connectivity index (χ1n) is 8.52. The van der Waals surface area contributed by atoms with Crippen LogP contribution in [0.2, 0.25) is 0 Å². The van der Waals surface area contributed by atoms with Gasteiger partial charge in [-0.2, -0.15) is 0 Å². The summed E-state index contributed by atoms with van der Waals surface area (Å²) < 4.78 is 20.8. The number of nitrogens with one attached hydrogen (secondary N) is 1. The maximum atomic E-state index is 12.1. The van der Waals surface area contributed by atoms with Crippen LogP contribution in [-0.4, -0.2) is 38.3 Å². The maximum absolute atomic E-state index is 12.1. The molecule has 7 nitrogen and oxygen atoms in total. The smallest absolute Gasteiger partial charge is 0.344 e. The second kappa shape index (κ2) is 10.1. The van der Waals surface area contributed by atoms with Crippen LogP contribution in [-0.2, 0) is 14.3 Å². The molecule has 0 saturated heterocycles. The first kappa shape index (κ1) is 20.1. The Bertz CT molecular complexity index is 742. The molecular formula is C20H23NO6. The van der Waals surface area contributed by atoms with Crippen LogP contribution in [0.5, 0.6) is 17.2 Å². The minimum atomic E-state index is -0.955. The van der Waals surface area contributed by atoms with Gasteiger partial charge in [-0.1, -0.05) is 0 Å². The maximum Gasteiger partial charge on any atom is 0.344 e. The van der Waals surface area contributed by atoms with Gasteiger partial charge in [-0.05, 0) is 62.4 Å². The first-order chi connectivity index (χ1) is 13.0. The highest BCUT2D eigenvalue weighted by molar-refractivity contribution is 5.95. The third-order valence-corrected chi connectivity index (χ3v) is 3.53. The number of rotatable bonds is 9. The van der Waals surface area contributed by atoms with Crippen LogP contribution in [0.4, 0.5) is 5.69 Å². The number of benzene rings is 2. The Morgan fingerprint density at radius 1 is 0.926 bits per heavy atom. The van der Waals surface area contributed by atoms with Gasteiger partial charge in [0, 0.05) is 5.69 Å². The normalized spacial score (nSPS) is 11.2. The molecule has 1 N–H and O–H groups in total. The molecule has 1 amide bonds. The Balaban J connectivity index is 1.77. The van der Waals surface area contributed by atoms with E-state index in [4.69, 9.17) is 18.9 Å². The lowest BCUT2D eigenvalue weighted by atomic mass is 10.3.